The Kier molecular flexibility index (Phi) is 4.00. The van der Waals surface area contributed by atoms with Crippen molar-refractivity contribution in [1.82, 2.24) is 14.5 Å². The lowest BCUT2D eigenvalue weighted by Crippen LogP contribution is -2.15. The molecule has 1 aliphatic rings. The van der Waals surface area contributed by atoms with Crippen LogP contribution in [0.5, 0.6) is 0 Å². The first kappa shape index (κ1) is 13.2. The zero-order chi connectivity index (χ0) is 13.8. The highest BCUT2D eigenvalue weighted by Crippen LogP contribution is 2.30. The minimum Gasteiger partial charge on any atom is -0.352 e. The van der Waals surface area contributed by atoms with E-state index in [0.717, 1.165) is 12.5 Å². The fourth-order valence-electron chi connectivity index (χ4n) is 2.96. The summed E-state index contributed by atoms with van der Waals surface area (Å²) in [6.07, 6.45) is 14.4. The van der Waals surface area contributed by atoms with E-state index in [4.69, 9.17) is 0 Å². The van der Waals surface area contributed by atoms with Gasteiger partial charge in [-0.25, -0.2) is 4.98 Å². The summed E-state index contributed by atoms with van der Waals surface area (Å²) in [5.74, 6) is 0.986. The maximum atomic E-state index is 4.47. The minimum absolute atomic E-state index is 0.615. The fraction of sp³-hybridized carbons (Fsp3) is 0.500. The third-order valence-electron chi connectivity index (χ3n) is 4.22. The van der Waals surface area contributed by atoms with Gasteiger partial charge in [-0.1, -0.05) is 19.3 Å². The Morgan fingerprint density at radius 3 is 2.90 bits per heavy atom. The van der Waals surface area contributed by atoms with Gasteiger partial charge in [0.15, 0.2) is 0 Å². The van der Waals surface area contributed by atoms with Crippen LogP contribution in [0.1, 0.15) is 49.3 Å². The molecule has 2 aromatic rings. The third-order valence-corrected chi connectivity index (χ3v) is 4.22. The summed E-state index contributed by atoms with van der Waals surface area (Å²) in [7, 11) is 0. The molecule has 1 N–H and O–H groups in total. The number of hydrogen-bond acceptors (Lipinski definition) is 3. The van der Waals surface area contributed by atoms with Crippen LogP contribution in [0, 0.1) is 6.92 Å². The standard InChI is InChI=1S/C16H22N4/c1-13-7-8-17-11-14(13)12-19-16-18-9-10-20(16)15-5-3-2-4-6-15/h7-11,15H,2-6,12H2,1H3,(H,18,19). The molecule has 0 unspecified atom stereocenters. The molecule has 0 aliphatic heterocycles. The molecular weight excluding hydrogens is 248 g/mol. The summed E-state index contributed by atoms with van der Waals surface area (Å²) in [5.41, 5.74) is 2.49. The van der Waals surface area contributed by atoms with Crippen LogP contribution in [0.3, 0.4) is 0 Å². The molecule has 2 heterocycles. The third kappa shape index (κ3) is 2.84. The monoisotopic (exact) mass is 270 g/mol. The Morgan fingerprint density at radius 2 is 2.10 bits per heavy atom. The van der Waals surface area contributed by atoms with E-state index < -0.39 is 0 Å². The molecule has 0 aromatic carbocycles. The molecule has 1 fully saturated rings. The number of pyridine rings is 1. The van der Waals surface area contributed by atoms with Gasteiger partial charge in [0.1, 0.15) is 0 Å². The van der Waals surface area contributed by atoms with Crippen LogP contribution in [0.4, 0.5) is 5.95 Å². The summed E-state index contributed by atoms with van der Waals surface area (Å²) in [4.78, 5) is 8.66. The summed E-state index contributed by atoms with van der Waals surface area (Å²) in [5, 5.41) is 3.46. The molecule has 0 radical (unpaired) electrons. The molecule has 0 spiro atoms. The van der Waals surface area contributed by atoms with Crippen molar-refractivity contribution in [2.45, 2.75) is 51.6 Å². The topological polar surface area (TPSA) is 42.7 Å². The summed E-state index contributed by atoms with van der Waals surface area (Å²) >= 11 is 0. The van der Waals surface area contributed by atoms with Crippen molar-refractivity contribution in [3.8, 4) is 0 Å². The Hall–Kier alpha value is -1.84. The van der Waals surface area contributed by atoms with Crippen molar-refractivity contribution in [3.63, 3.8) is 0 Å². The van der Waals surface area contributed by atoms with Gasteiger partial charge in [-0.2, -0.15) is 0 Å². The van der Waals surface area contributed by atoms with Crippen LogP contribution in [0.2, 0.25) is 0 Å². The maximum Gasteiger partial charge on any atom is 0.203 e. The highest BCUT2D eigenvalue weighted by molar-refractivity contribution is 5.31. The summed E-state index contributed by atoms with van der Waals surface area (Å²) in [6.45, 7) is 2.90. The van der Waals surface area contributed by atoms with Gasteiger partial charge in [0, 0.05) is 37.4 Å². The van der Waals surface area contributed by atoms with E-state index in [9.17, 15) is 0 Å². The molecule has 2 aromatic heterocycles. The van der Waals surface area contributed by atoms with Gasteiger partial charge in [-0.3, -0.25) is 4.98 Å². The first-order valence-corrected chi connectivity index (χ1v) is 7.51. The van der Waals surface area contributed by atoms with Crippen LogP contribution < -0.4 is 5.32 Å². The molecule has 1 aliphatic carbocycles. The van der Waals surface area contributed by atoms with Crippen LogP contribution in [0.15, 0.2) is 30.9 Å². The number of imidazole rings is 1. The number of anilines is 1. The summed E-state index contributed by atoms with van der Waals surface area (Å²) < 4.78 is 2.31. The second-order valence-electron chi connectivity index (χ2n) is 5.61. The Morgan fingerprint density at radius 1 is 1.25 bits per heavy atom. The largest absolute Gasteiger partial charge is 0.352 e. The van der Waals surface area contributed by atoms with E-state index in [2.05, 4.69) is 33.0 Å². The lowest BCUT2D eigenvalue weighted by Gasteiger charge is -2.24. The quantitative estimate of drug-likeness (QED) is 0.921. The van der Waals surface area contributed by atoms with E-state index in [1.807, 2.05) is 24.7 Å². The van der Waals surface area contributed by atoms with E-state index in [1.165, 1.54) is 43.2 Å². The number of nitrogens with zero attached hydrogens (tertiary/aromatic N) is 3. The lowest BCUT2D eigenvalue weighted by atomic mass is 9.95. The van der Waals surface area contributed by atoms with Gasteiger partial charge in [0.25, 0.3) is 0 Å². The number of aryl methyl sites for hydroxylation is 1. The van der Waals surface area contributed by atoms with Gasteiger partial charge in [0.05, 0.1) is 0 Å². The Balaban J connectivity index is 1.69. The molecule has 4 nitrogen and oxygen atoms in total. The van der Waals surface area contributed by atoms with Gasteiger partial charge in [0.2, 0.25) is 5.95 Å². The normalized spacial score (nSPS) is 16.2. The van der Waals surface area contributed by atoms with Crippen molar-refractivity contribution in [2.24, 2.45) is 0 Å². The molecule has 0 bridgehead atoms. The van der Waals surface area contributed by atoms with Gasteiger partial charge in [-0.05, 0) is 37.0 Å². The van der Waals surface area contributed by atoms with Crippen LogP contribution in [0.25, 0.3) is 0 Å². The van der Waals surface area contributed by atoms with E-state index >= 15 is 0 Å². The average Bonchev–Trinajstić information content (AvgIpc) is 2.96. The van der Waals surface area contributed by atoms with Crippen molar-refractivity contribution in [1.29, 1.82) is 0 Å². The fourth-order valence-corrected chi connectivity index (χ4v) is 2.96. The van der Waals surface area contributed by atoms with Crippen LogP contribution in [-0.4, -0.2) is 14.5 Å². The highest BCUT2D eigenvalue weighted by atomic mass is 15.2. The van der Waals surface area contributed by atoms with Crippen molar-refractivity contribution in [3.05, 3.63) is 42.0 Å². The second kappa shape index (κ2) is 6.07. The number of aromatic nitrogens is 3. The smallest absolute Gasteiger partial charge is 0.203 e. The zero-order valence-corrected chi connectivity index (χ0v) is 12.0. The molecule has 0 saturated heterocycles. The minimum atomic E-state index is 0.615. The second-order valence-corrected chi connectivity index (χ2v) is 5.61. The van der Waals surface area contributed by atoms with Crippen LogP contribution in [-0.2, 0) is 6.54 Å². The van der Waals surface area contributed by atoms with Crippen molar-refractivity contribution >= 4 is 5.95 Å². The number of hydrogen-bond donors (Lipinski definition) is 1. The zero-order valence-electron chi connectivity index (χ0n) is 12.0. The van der Waals surface area contributed by atoms with Gasteiger partial charge < -0.3 is 9.88 Å². The number of nitrogens with one attached hydrogen (secondary N) is 1. The first-order valence-electron chi connectivity index (χ1n) is 7.51. The van der Waals surface area contributed by atoms with Crippen molar-refractivity contribution < 1.29 is 0 Å². The van der Waals surface area contributed by atoms with E-state index in [-0.39, 0.29) is 0 Å². The van der Waals surface area contributed by atoms with Gasteiger partial charge in [-0.15, -0.1) is 0 Å². The van der Waals surface area contributed by atoms with E-state index in [1.54, 1.807) is 0 Å². The maximum absolute atomic E-state index is 4.47. The Labute approximate surface area is 120 Å². The van der Waals surface area contributed by atoms with Crippen molar-refractivity contribution in [2.75, 3.05) is 5.32 Å². The predicted molar refractivity (Wildman–Crippen MR) is 80.6 cm³/mol. The SMILES string of the molecule is Cc1ccncc1CNc1nccn1C1CCCCC1. The Bertz CT molecular complexity index is 555. The average molecular weight is 270 g/mol. The molecular formula is C16H22N4. The lowest BCUT2D eigenvalue weighted by molar-refractivity contribution is 0.356. The molecule has 4 heteroatoms. The molecule has 1 saturated carbocycles. The number of rotatable bonds is 4. The first-order chi connectivity index (χ1) is 9.84. The molecule has 20 heavy (non-hydrogen) atoms. The van der Waals surface area contributed by atoms with E-state index in [0.29, 0.717) is 6.04 Å². The highest BCUT2D eigenvalue weighted by Gasteiger charge is 2.17. The summed E-state index contributed by atoms with van der Waals surface area (Å²) in [6, 6.07) is 2.66. The molecule has 0 atom stereocenters. The van der Waals surface area contributed by atoms with Crippen LogP contribution >= 0.6 is 0 Å². The molecule has 106 valence electrons. The molecule has 0 amide bonds. The van der Waals surface area contributed by atoms with Gasteiger partial charge >= 0.3 is 0 Å². The predicted octanol–water partition coefficient (Wildman–Crippen LogP) is 3.70. The molecule has 3 rings (SSSR count).